The van der Waals surface area contributed by atoms with E-state index < -0.39 is 10.0 Å². The molecule has 0 aromatic heterocycles. The van der Waals surface area contributed by atoms with Gasteiger partial charge in [-0.3, -0.25) is 0 Å². The number of nitrogens with zero attached hydrogens (tertiary/aromatic N) is 1. The highest BCUT2D eigenvalue weighted by atomic mass is 32.2. The molecule has 2 aliphatic heterocycles. The molecule has 0 saturated carbocycles. The van der Waals surface area contributed by atoms with E-state index in [-0.39, 0.29) is 17.9 Å². The van der Waals surface area contributed by atoms with Crippen LogP contribution in [0.5, 0.6) is 0 Å². The lowest BCUT2D eigenvalue weighted by atomic mass is 10.3. The van der Waals surface area contributed by atoms with Crippen LogP contribution in [-0.2, 0) is 19.5 Å². The Balaban J connectivity index is 2.01. The van der Waals surface area contributed by atoms with Crippen molar-refractivity contribution < 1.29 is 17.9 Å². The standard InChI is InChI=1S/C10H20N2O4S/c11-6-9-7-15-5-3-12(9)17(13,14)8-10-2-1-4-16-10/h9-10H,1-8,11H2. The zero-order chi connectivity index (χ0) is 12.3. The van der Waals surface area contributed by atoms with Crippen LogP contribution >= 0.6 is 0 Å². The minimum atomic E-state index is -3.28. The molecular formula is C10H20N2O4S. The quantitative estimate of drug-likeness (QED) is 0.715. The maximum atomic E-state index is 12.2. The van der Waals surface area contributed by atoms with E-state index in [1.54, 1.807) is 0 Å². The van der Waals surface area contributed by atoms with Gasteiger partial charge in [0.15, 0.2) is 0 Å². The number of nitrogens with two attached hydrogens (primary N) is 1. The molecule has 2 fully saturated rings. The lowest BCUT2D eigenvalue weighted by molar-refractivity contribution is 0.0349. The summed E-state index contributed by atoms with van der Waals surface area (Å²) in [5.41, 5.74) is 5.58. The molecule has 17 heavy (non-hydrogen) atoms. The van der Waals surface area contributed by atoms with Crippen molar-refractivity contribution >= 4 is 10.0 Å². The van der Waals surface area contributed by atoms with Gasteiger partial charge in [0.1, 0.15) is 0 Å². The van der Waals surface area contributed by atoms with Gasteiger partial charge in [0.05, 0.1) is 31.1 Å². The summed E-state index contributed by atoms with van der Waals surface area (Å²) in [5, 5.41) is 0. The van der Waals surface area contributed by atoms with E-state index in [9.17, 15) is 8.42 Å². The molecule has 2 N–H and O–H groups in total. The first-order valence-corrected chi connectivity index (χ1v) is 7.63. The van der Waals surface area contributed by atoms with E-state index in [2.05, 4.69) is 0 Å². The van der Waals surface area contributed by atoms with Crippen LogP contribution in [-0.4, -0.2) is 63.5 Å². The van der Waals surface area contributed by atoms with E-state index in [1.165, 1.54) is 4.31 Å². The second kappa shape index (κ2) is 5.62. The Bertz CT molecular complexity index is 340. The monoisotopic (exact) mass is 264 g/mol. The zero-order valence-electron chi connectivity index (χ0n) is 9.88. The van der Waals surface area contributed by atoms with E-state index in [4.69, 9.17) is 15.2 Å². The molecule has 2 saturated heterocycles. The lowest BCUT2D eigenvalue weighted by Gasteiger charge is -2.34. The number of hydrogen-bond donors (Lipinski definition) is 1. The molecule has 6 nitrogen and oxygen atoms in total. The van der Waals surface area contributed by atoms with Crippen LogP contribution in [0.3, 0.4) is 0 Å². The topological polar surface area (TPSA) is 81.9 Å². The summed E-state index contributed by atoms with van der Waals surface area (Å²) in [7, 11) is -3.28. The van der Waals surface area contributed by atoms with Crippen molar-refractivity contribution in [1.82, 2.24) is 4.31 Å². The summed E-state index contributed by atoms with van der Waals surface area (Å²) >= 11 is 0. The molecule has 2 atom stereocenters. The molecule has 2 unspecified atom stereocenters. The van der Waals surface area contributed by atoms with Gasteiger partial charge in [-0.05, 0) is 12.8 Å². The summed E-state index contributed by atoms with van der Waals surface area (Å²) < 4.78 is 36.6. The highest BCUT2D eigenvalue weighted by Gasteiger charge is 2.34. The van der Waals surface area contributed by atoms with Crippen LogP contribution in [0.15, 0.2) is 0 Å². The average molecular weight is 264 g/mol. The van der Waals surface area contributed by atoms with E-state index >= 15 is 0 Å². The Morgan fingerprint density at radius 3 is 2.82 bits per heavy atom. The van der Waals surface area contributed by atoms with Gasteiger partial charge in [0.25, 0.3) is 0 Å². The fourth-order valence-corrected chi connectivity index (χ4v) is 4.18. The summed E-state index contributed by atoms with van der Waals surface area (Å²) in [5.74, 6) is 0.0729. The Kier molecular flexibility index (Phi) is 4.37. The molecule has 0 aromatic carbocycles. The summed E-state index contributed by atoms with van der Waals surface area (Å²) in [6.07, 6.45) is 1.63. The SMILES string of the molecule is NCC1COCCN1S(=O)(=O)CC1CCCO1. The van der Waals surface area contributed by atoms with Gasteiger partial charge in [-0.25, -0.2) is 8.42 Å². The summed E-state index contributed by atoms with van der Waals surface area (Å²) in [6, 6.07) is -0.227. The molecule has 2 aliphatic rings. The van der Waals surface area contributed by atoms with Gasteiger partial charge in [-0.2, -0.15) is 4.31 Å². The zero-order valence-corrected chi connectivity index (χ0v) is 10.7. The van der Waals surface area contributed by atoms with Crippen molar-refractivity contribution in [3.8, 4) is 0 Å². The van der Waals surface area contributed by atoms with Crippen molar-refractivity contribution in [2.24, 2.45) is 5.73 Å². The van der Waals surface area contributed by atoms with Crippen LogP contribution in [0.25, 0.3) is 0 Å². The highest BCUT2D eigenvalue weighted by Crippen LogP contribution is 2.18. The summed E-state index contributed by atoms with van der Waals surface area (Å²) in [4.78, 5) is 0. The van der Waals surface area contributed by atoms with Crippen LogP contribution in [0.1, 0.15) is 12.8 Å². The van der Waals surface area contributed by atoms with Gasteiger partial charge in [0.2, 0.25) is 10.0 Å². The largest absolute Gasteiger partial charge is 0.378 e. The molecule has 2 heterocycles. The Labute approximate surface area is 102 Å². The van der Waals surface area contributed by atoms with Crippen LogP contribution in [0.2, 0.25) is 0 Å². The predicted octanol–water partition coefficient (Wildman–Crippen LogP) is -0.845. The molecular weight excluding hydrogens is 244 g/mol. The Morgan fingerprint density at radius 1 is 1.35 bits per heavy atom. The highest BCUT2D eigenvalue weighted by molar-refractivity contribution is 7.89. The number of morpholine rings is 1. The molecule has 0 amide bonds. The molecule has 0 aliphatic carbocycles. The normalized spacial score (nSPS) is 31.8. The van der Waals surface area contributed by atoms with Gasteiger partial charge < -0.3 is 15.2 Å². The Hall–Kier alpha value is -0.210. The second-order valence-corrected chi connectivity index (χ2v) is 6.45. The van der Waals surface area contributed by atoms with E-state index in [0.29, 0.717) is 32.9 Å². The number of rotatable bonds is 4. The van der Waals surface area contributed by atoms with Crippen molar-refractivity contribution in [2.75, 3.05) is 38.7 Å². The Morgan fingerprint density at radius 2 is 2.18 bits per heavy atom. The molecule has 0 radical (unpaired) electrons. The number of sulfonamides is 1. The first kappa shape index (κ1) is 13.2. The fraction of sp³-hybridized carbons (Fsp3) is 1.00. The molecule has 2 rings (SSSR count). The molecule has 0 aromatic rings. The number of hydrogen-bond acceptors (Lipinski definition) is 5. The number of ether oxygens (including phenoxy) is 2. The van der Waals surface area contributed by atoms with Gasteiger partial charge in [-0.1, -0.05) is 0 Å². The van der Waals surface area contributed by atoms with Crippen molar-refractivity contribution in [3.63, 3.8) is 0 Å². The third-order valence-electron chi connectivity index (χ3n) is 3.22. The smallest absolute Gasteiger partial charge is 0.217 e. The van der Waals surface area contributed by atoms with Crippen LogP contribution in [0, 0.1) is 0 Å². The maximum Gasteiger partial charge on any atom is 0.217 e. The molecule has 0 spiro atoms. The molecule has 7 heteroatoms. The van der Waals surface area contributed by atoms with E-state index in [0.717, 1.165) is 12.8 Å². The first-order valence-electron chi connectivity index (χ1n) is 6.02. The second-order valence-electron chi connectivity index (χ2n) is 4.49. The van der Waals surface area contributed by atoms with Crippen molar-refractivity contribution in [3.05, 3.63) is 0 Å². The third kappa shape index (κ3) is 3.17. The minimum absolute atomic E-state index is 0.0729. The van der Waals surface area contributed by atoms with Gasteiger partial charge in [0, 0.05) is 19.7 Å². The van der Waals surface area contributed by atoms with E-state index in [1.807, 2.05) is 0 Å². The van der Waals surface area contributed by atoms with Crippen molar-refractivity contribution in [2.45, 2.75) is 25.0 Å². The van der Waals surface area contributed by atoms with Crippen molar-refractivity contribution in [1.29, 1.82) is 0 Å². The predicted molar refractivity (Wildman–Crippen MR) is 63.1 cm³/mol. The minimum Gasteiger partial charge on any atom is -0.378 e. The summed E-state index contributed by atoms with van der Waals surface area (Å²) in [6.45, 7) is 2.20. The third-order valence-corrected chi connectivity index (χ3v) is 5.21. The average Bonchev–Trinajstić information content (AvgIpc) is 2.81. The molecule has 0 bridgehead atoms. The molecule has 100 valence electrons. The van der Waals surface area contributed by atoms with Gasteiger partial charge >= 0.3 is 0 Å². The fourth-order valence-electron chi connectivity index (χ4n) is 2.30. The van der Waals surface area contributed by atoms with Crippen LogP contribution in [0.4, 0.5) is 0 Å². The maximum absolute atomic E-state index is 12.2. The first-order chi connectivity index (χ1) is 8.13. The van der Waals surface area contributed by atoms with Gasteiger partial charge in [-0.15, -0.1) is 0 Å². The van der Waals surface area contributed by atoms with Crippen LogP contribution < -0.4 is 5.73 Å². The lowest BCUT2D eigenvalue weighted by Crippen LogP contribution is -2.53.